The summed E-state index contributed by atoms with van der Waals surface area (Å²) in [5, 5.41) is 3.76. The summed E-state index contributed by atoms with van der Waals surface area (Å²) in [5.74, 6) is 1.08. The zero-order valence-corrected chi connectivity index (χ0v) is 33.4. The van der Waals surface area contributed by atoms with Crippen LogP contribution in [0.3, 0.4) is 0 Å². The summed E-state index contributed by atoms with van der Waals surface area (Å²) < 4.78 is 11.6. The summed E-state index contributed by atoms with van der Waals surface area (Å²) in [5.41, 5.74) is 18.8. The number of unbranched alkanes of at least 4 members (excludes halogenated alkanes) is 12. The fraction of sp³-hybridized carbons (Fsp3) is 0.829. The molecule has 0 aromatic carbocycles. The number of allylic oxidation sites excluding steroid dienone is 1. The molecule has 5 heterocycles. The molecule has 0 bridgehead atoms. The molecule has 0 aliphatic carbocycles. The number of aliphatic imine (C=N–C) groups is 3. The number of rotatable bonds is 24. The highest BCUT2D eigenvalue weighted by molar-refractivity contribution is 5.95. The largest absolute Gasteiger partial charge is 0.465 e. The van der Waals surface area contributed by atoms with Gasteiger partial charge in [-0.3, -0.25) is 9.79 Å². The Morgan fingerprint density at radius 2 is 1.56 bits per heavy atom. The minimum atomic E-state index is -0.278. The van der Waals surface area contributed by atoms with Gasteiger partial charge < -0.3 is 41.8 Å². The van der Waals surface area contributed by atoms with E-state index in [-0.39, 0.29) is 41.9 Å². The minimum Gasteiger partial charge on any atom is -0.465 e. The van der Waals surface area contributed by atoms with Gasteiger partial charge in [-0.1, -0.05) is 84.0 Å². The van der Waals surface area contributed by atoms with Crippen molar-refractivity contribution in [3.8, 4) is 0 Å². The summed E-state index contributed by atoms with van der Waals surface area (Å²) in [6.45, 7) is 6.48. The van der Waals surface area contributed by atoms with Crippen LogP contribution in [0.5, 0.6) is 0 Å². The van der Waals surface area contributed by atoms with Crippen molar-refractivity contribution in [2.45, 2.75) is 185 Å². The third-order valence-electron chi connectivity index (χ3n) is 12.1. The Labute approximate surface area is 324 Å². The highest BCUT2D eigenvalue weighted by atomic mass is 16.5. The predicted molar refractivity (Wildman–Crippen MR) is 216 cm³/mol. The lowest BCUT2D eigenvalue weighted by molar-refractivity contribution is -0.151. The van der Waals surface area contributed by atoms with Crippen LogP contribution in [0.4, 0.5) is 0 Å². The van der Waals surface area contributed by atoms with E-state index in [0.717, 1.165) is 108 Å². The fourth-order valence-corrected chi connectivity index (χ4v) is 9.30. The Morgan fingerprint density at radius 1 is 0.870 bits per heavy atom. The number of nitrogens with zero attached hydrogens (tertiary/aromatic N) is 5. The highest BCUT2D eigenvalue weighted by Gasteiger charge is 2.51. The van der Waals surface area contributed by atoms with Gasteiger partial charge in [-0.15, -0.1) is 0 Å². The maximum Gasteiger partial charge on any atom is 0.337 e. The number of guanidine groups is 3. The van der Waals surface area contributed by atoms with Gasteiger partial charge in [-0.05, 0) is 71.1 Å². The molecule has 6 atom stereocenters. The number of nitrogens with one attached hydrogen (secondary N) is 1. The van der Waals surface area contributed by atoms with Crippen molar-refractivity contribution in [3.05, 3.63) is 11.3 Å². The average Bonchev–Trinajstić information content (AvgIpc) is 3.81. The molecule has 13 heteroatoms. The number of ether oxygens (including phenoxy) is 2. The van der Waals surface area contributed by atoms with Gasteiger partial charge in [-0.2, -0.15) is 0 Å². The van der Waals surface area contributed by atoms with E-state index in [4.69, 9.17) is 36.7 Å². The lowest BCUT2D eigenvalue weighted by atomic mass is 9.89. The first kappa shape index (κ1) is 41.6. The number of hydrogen-bond donors (Lipinski definition) is 4. The monoisotopic (exact) mass is 754 g/mol. The van der Waals surface area contributed by atoms with E-state index < -0.39 is 0 Å². The van der Waals surface area contributed by atoms with Gasteiger partial charge in [0.2, 0.25) is 0 Å². The highest BCUT2D eigenvalue weighted by Crippen LogP contribution is 2.40. The summed E-state index contributed by atoms with van der Waals surface area (Å²) in [4.78, 5) is 44.8. The number of esters is 2. The molecule has 7 N–H and O–H groups in total. The fourth-order valence-electron chi connectivity index (χ4n) is 9.30. The van der Waals surface area contributed by atoms with Crippen LogP contribution in [-0.4, -0.2) is 96.1 Å². The molecule has 5 aliphatic rings. The average molecular weight is 754 g/mol. The van der Waals surface area contributed by atoms with Crippen LogP contribution in [0.2, 0.25) is 0 Å². The van der Waals surface area contributed by atoms with Crippen LogP contribution in [0.25, 0.3) is 0 Å². The van der Waals surface area contributed by atoms with Crippen molar-refractivity contribution in [2.24, 2.45) is 38.1 Å². The van der Waals surface area contributed by atoms with Crippen molar-refractivity contribution < 1.29 is 19.1 Å². The van der Waals surface area contributed by atoms with Gasteiger partial charge in [0, 0.05) is 36.9 Å². The van der Waals surface area contributed by atoms with Gasteiger partial charge in [0.05, 0.1) is 36.8 Å². The van der Waals surface area contributed by atoms with E-state index in [2.05, 4.69) is 29.1 Å². The third-order valence-corrected chi connectivity index (χ3v) is 12.1. The molecule has 3 fully saturated rings. The number of carbonyl (C=O) groups is 2. The Bertz CT molecular complexity index is 1350. The van der Waals surface area contributed by atoms with Crippen molar-refractivity contribution in [3.63, 3.8) is 0 Å². The normalized spacial score (nSPS) is 25.7. The number of hydrogen-bond acceptors (Lipinski definition) is 11. The van der Waals surface area contributed by atoms with Crippen LogP contribution in [0, 0.1) is 5.92 Å². The molecule has 13 nitrogen and oxygen atoms in total. The standard InChI is InChI=1S/C41H71N9O4/c1-3-4-5-6-10-13-19-30-28-31-22-23-34-35(29(2)46-41(47-30)50(31)34)37(51)53-26-16-12-9-7-8-11-14-20-32-36(33-21-18-25-49(33)40(44)48-32)38(52)54-27-17-15-24-45-39(42)43/h29-32,34-35H,3-28H2,1-2H3,(H2,44,48)(H,46,47)(H4,42,43,45)/t29-,30-,31+,32+,34+,35+/m1/s1. The lowest BCUT2D eigenvalue weighted by Crippen LogP contribution is -2.63. The molecule has 5 rings (SSSR count). The second-order valence-electron chi connectivity index (χ2n) is 16.3. The first-order valence-corrected chi connectivity index (χ1v) is 21.6. The molecular weight excluding hydrogens is 683 g/mol. The SMILES string of the molecule is CCCCCCCC[C@@H]1C[C@@H]2CC[C@H]3[C@@H](C(=O)OCCCCCCCCC[C@@H]4N=C(N)N5CCCC5=C4C(=O)OCCCCN=C(N)N)[C@@H](C)N=C(N1)N23. The molecule has 0 saturated carbocycles. The smallest absolute Gasteiger partial charge is 0.337 e. The minimum absolute atomic E-state index is 0.0635. The topological polar surface area (TPSA) is 186 Å². The summed E-state index contributed by atoms with van der Waals surface area (Å²) >= 11 is 0. The molecule has 0 spiro atoms. The number of nitrogens with two attached hydrogens (primary N) is 3. The molecule has 0 aromatic rings. The van der Waals surface area contributed by atoms with Gasteiger partial charge >= 0.3 is 11.9 Å². The number of fused-ring (bicyclic) bond motifs is 1. The van der Waals surface area contributed by atoms with Gasteiger partial charge in [0.1, 0.15) is 0 Å². The maximum absolute atomic E-state index is 13.4. The van der Waals surface area contributed by atoms with Crippen molar-refractivity contribution in [1.29, 1.82) is 0 Å². The third kappa shape index (κ3) is 11.5. The van der Waals surface area contributed by atoms with Crippen molar-refractivity contribution >= 4 is 29.8 Å². The van der Waals surface area contributed by atoms with Crippen LogP contribution < -0.4 is 22.5 Å². The van der Waals surface area contributed by atoms with Crippen molar-refractivity contribution in [1.82, 2.24) is 15.1 Å². The Hall–Kier alpha value is -3.51. The quantitative estimate of drug-likeness (QED) is 0.0418. The zero-order chi connectivity index (χ0) is 38.3. The van der Waals surface area contributed by atoms with E-state index in [0.29, 0.717) is 49.8 Å². The molecule has 3 saturated heterocycles. The van der Waals surface area contributed by atoms with Crippen LogP contribution in [0.15, 0.2) is 26.2 Å². The first-order valence-electron chi connectivity index (χ1n) is 21.6. The van der Waals surface area contributed by atoms with Crippen LogP contribution in [0.1, 0.15) is 155 Å². The molecule has 304 valence electrons. The zero-order valence-electron chi connectivity index (χ0n) is 33.4. The van der Waals surface area contributed by atoms with E-state index in [9.17, 15) is 9.59 Å². The van der Waals surface area contributed by atoms with E-state index in [1.807, 2.05) is 4.90 Å². The Morgan fingerprint density at radius 3 is 2.31 bits per heavy atom. The molecular formula is C41H71N9O4. The second-order valence-corrected chi connectivity index (χ2v) is 16.3. The van der Waals surface area contributed by atoms with Crippen LogP contribution >= 0.6 is 0 Å². The van der Waals surface area contributed by atoms with Crippen molar-refractivity contribution in [2.75, 3.05) is 26.3 Å². The molecule has 0 amide bonds. The molecule has 0 radical (unpaired) electrons. The lowest BCUT2D eigenvalue weighted by Gasteiger charge is -2.46. The van der Waals surface area contributed by atoms with Gasteiger partial charge in [-0.25, -0.2) is 14.8 Å². The summed E-state index contributed by atoms with van der Waals surface area (Å²) in [6.07, 6.45) is 23.9. The number of carbonyl (C=O) groups excluding carboxylic acids is 2. The van der Waals surface area contributed by atoms with Gasteiger partial charge in [0.25, 0.3) is 0 Å². The molecule has 54 heavy (non-hydrogen) atoms. The molecule has 0 unspecified atom stereocenters. The van der Waals surface area contributed by atoms with E-state index in [1.165, 1.54) is 44.9 Å². The molecule has 5 aliphatic heterocycles. The second kappa shape index (κ2) is 21.5. The maximum atomic E-state index is 13.4. The van der Waals surface area contributed by atoms with E-state index in [1.54, 1.807) is 0 Å². The Kier molecular flexibility index (Phi) is 16.6. The summed E-state index contributed by atoms with van der Waals surface area (Å²) in [6, 6.07) is 0.878. The predicted octanol–water partition coefficient (Wildman–Crippen LogP) is 5.61. The Balaban J connectivity index is 0.950. The van der Waals surface area contributed by atoms with Gasteiger partial charge in [0.15, 0.2) is 17.9 Å². The van der Waals surface area contributed by atoms with E-state index >= 15 is 0 Å². The van der Waals surface area contributed by atoms with Crippen LogP contribution in [-0.2, 0) is 19.1 Å². The summed E-state index contributed by atoms with van der Waals surface area (Å²) in [7, 11) is 0. The molecule has 0 aromatic heterocycles. The first-order chi connectivity index (χ1) is 26.3.